The van der Waals surface area contributed by atoms with Crippen LogP contribution in [0.4, 0.5) is 5.69 Å². The fourth-order valence-corrected chi connectivity index (χ4v) is 4.12. The Balaban J connectivity index is 1.98. The molecule has 0 spiro atoms. The minimum Gasteiger partial charge on any atom is -0.465 e. The zero-order valence-corrected chi connectivity index (χ0v) is 17.4. The van der Waals surface area contributed by atoms with Gasteiger partial charge in [-0.3, -0.25) is 14.2 Å². The first-order chi connectivity index (χ1) is 14.0. The van der Waals surface area contributed by atoms with Crippen molar-refractivity contribution < 1.29 is 14.3 Å². The Labute approximate surface area is 173 Å². The van der Waals surface area contributed by atoms with Gasteiger partial charge in [0.25, 0.3) is 0 Å². The number of aromatic nitrogens is 1. The smallest absolute Gasteiger partial charge is 0.339 e. The van der Waals surface area contributed by atoms with Gasteiger partial charge < -0.3 is 9.64 Å². The molecule has 0 bridgehead atoms. The number of aryl methyl sites for hydroxylation is 1. The van der Waals surface area contributed by atoms with Crippen LogP contribution < -0.4 is 9.77 Å². The average Bonchev–Trinajstić information content (AvgIpc) is 3.08. The van der Waals surface area contributed by atoms with Gasteiger partial charge in [-0.05, 0) is 24.1 Å². The number of hydrogen-bond acceptors (Lipinski definition) is 5. The summed E-state index contributed by atoms with van der Waals surface area (Å²) in [5, 5.41) is 0. The van der Waals surface area contributed by atoms with Crippen LogP contribution >= 0.6 is 11.3 Å². The summed E-state index contributed by atoms with van der Waals surface area (Å²) in [7, 11) is 2.88. The lowest BCUT2D eigenvalue weighted by Crippen LogP contribution is -2.33. The van der Waals surface area contributed by atoms with Gasteiger partial charge in [0, 0.05) is 11.9 Å². The highest BCUT2D eigenvalue weighted by Crippen LogP contribution is 2.27. The number of para-hydroxylation sites is 1. The van der Waals surface area contributed by atoms with E-state index >= 15 is 0 Å². The van der Waals surface area contributed by atoms with E-state index < -0.39 is 5.97 Å². The summed E-state index contributed by atoms with van der Waals surface area (Å²) in [4.78, 5) is 39.9. The lowest BCUT2D eigenvalue weighted by atomic mass is 10.1. The van der Waals surface area contributed by atoms with Gasteiger partial charge in [-0.1, -0.05) is 60.7 Å². The van der Waals surface area contributed by atoms with E-state index in [-0.39, 0.29) is 17.3 Å². The van der Waals surface area contributed by atoms with Crippen LogP contribution in [0.3, 0.4) is 0 Å². The molecule has 0 saturated carbocycles. The molecule has 0 aliphatic carbocycles. The molecule has 29 heavy (non-hydrogen) atoms. The van der Waals surface area contributed by atoms with E-state index in [0.717, 1.165) is 27.5 Å². The topological polar surface area (TPSA) is 68.6 Å². The van der Waals surface area contributed by atoms with Gasteiger partial charge in [-0.2, -0.15) is 0 Å². The third kappa shape index (κ3) is 4.14. The van der Waals surface area contributed by atoms with Crippen molar-refractivity contribution in [2.24, 2.45) is 0 Å². The molecular formula is C22H22N2O4S. The maximum Gasteiger partial charge on any atom is 0.339 e. The number of nitrogens with zero attached hydrogens (tertiary/aromatic N) is 2. The summed E-state index contributed by atoms with van der Waals surface area (Å²) in [6.07, 6.45) is 0.701. The van der Waals surface area contributed by atoms with Gasteiger partial charge in [0.1, 0.15) is 6.54 Å². The van der Waals surface area contributed by atoms with Crippen LogP contribution in [0.5, 0.6) is 0 Å². The summed E-state index contributed by atoms with van der Waals surface area (Å²) < 4.78 is 6.32. The Kier molecular flexibility index (Phi) is 6.29. The van der Waals surface area contributed by atoms with Gasteiger partial charge in [0.05, 0.1) is 24.1 Å². The Morgan fingerprint density at radius 1 is 1.07 bits per heavy atom. The highest BCUT2D eigenvalue weighted by Gasteiger charge is 2.22. The normalized spacial score (nSPS) is 10.6. The molecule has 1 aromatic heterocycles. The molecule has 1 heterocycles. The maximum atomic E-state index is 13.0. The van der Waals surface area contributed by atoms with E-state index in [1.807, 2.05) is 37.3 Å². The van der Waals surface area contributed by atoms with Crippen molar-refractivity contribution in [1.82, 2.24) is 4.57 Å². The number of methoxy groups -OCH3 is 1. The second kappa shape index (κ2) is 8.87. The lowest BCUT2D eigenvalue weighted by molar-refractivity contribution is -0.118. The first kappa shape index (κ1) is 20.5. The van der Waals surface area contributed by atoms with E-state index in [1.165, 1.54) is 16.6 Å². The van der Waals surface area contributed by atoms with E-state index in [2.05, 4.69) is 0 Å². The first-order valence-electron chi connectivity index (χ1n) is 9.19. The highest BCUT2D eigenvalue weighted by molar-refractivity contribution is 7.09. The van der Waals surface area contributed by atoms with Gasteiger partial charge >= 0.3 is 10.8 Å². The van der Waals surface area contributed by atoms with Crippen molar-refractivity contribution in [3.63, 3.8) is 0 Å². The van der Waals surface area contributed by atoms with Crippen molar-refractivity contribution in [2.45, 2.75) is 19.9 Å². The standard InChI is InChI=1S/C22H22N2O4S/c1-4-18-20(15-10-6-5-7-11-15)24(22(27)29-18)14-19(25)23(2)17-13-9-8-12-16(17)21(26)28-3/h5-13H,4,14H2,1-3H3. The van der Waals surface area contributed by atoms with Crippen molar-refractivity contribution in [3.05, 3.63) is 74.7 Å². The minimum absolute atomic E-state index is 0.119. The number of esters is 1. The predicted octanol–water partition coefficient (Wildman–Crippen LogP) is 3.59. The summed E-state index contributed by atoms with van der Waals surface area (Å²) >= 11 is 1.16. The number of hydrogen-bond donors (Lipinski definition) is 0. The fourth-order valence-electron chi connectivity index (χ4n) is 3.17. The highest BCUT2D eigenvalue weighted by atomic mass is 32.1. The van der Waals surface area contributed by atoms with Crippen LogP contribution in [0, 0.1) is 0 Å². The minimum atomic E-state index is -0.522. The summed E-state index contributed by atoms with van der Waals surface area (Å²) in [6, 6.07) is 16.3. The summed E-state index contributed by atoms with van der Waals surface area (Å²) in [6.45, 7) is 1.87. The maximum absolute atomic E-state index is 13.0. The largest absolute Gasteiger partial charge is 0.465 e. The zero-order chi connectivity index (χ0) is 21.0. The predicted molar refractivity (Wildman–Crippen MR) is 115 cm³/mol. The monoisotopic (exact) mass is 410 g/mol. The summed E-state index contributed by atoms with van der Waals surface area (Å²) in [5.41, 5.74) is 2.39. The van der Waals surface area contributed by atoms with Gasteiger partial charge in [0.2, 0.25) is 5.91 Å². The molecule has 0 unspecified atom stereocenters. The molecule has 0 fully saturated rings. The van der Waals surface area contributed by atoms with E-state index in [4.69, 9.17) is 4.74 Å². The quantitative estimate of drug-likeness (QED) is 0.583. The third-order valence-electron chi connectivity index (χ3n) is 4.67. The molecule has 3 aromatic rings. The van der Waals surface area contributed by atoms with Crippen LogP contribution in [0.15, 0.2) is 59.4 Å². The molecule has 150 valence electrons. The lowest BCUT2D eigenvalue weighted by Gasteiger charge is -2.20. The number of benzene rings is 2. The molecule has 3 rings (SSSR count). The Bertz CT molecular complexity index is 1090. The SMILES string of the molecule is CCc1sc(=O)n(CC(=O)N(C)c2ccccc2C(=O)OC)c1-c1ccccc1. The first-order valence-corrected chi connectivity index (χ1v) is 10.0. The molecule has 0 radical (unpaired) electrons. The van der Waals surface area contributed by atoms with Gasteiger partial charge in [-0.15, -0.1) is 0 Å². The van der Waals surface area contributed by atoms with Crippen molar-refractivity contribution >= 4 is 28.9 Å². The molecule has 0 aliphatic heterocycles. The molecule has 7 heteroatoms. The van der Waals surface area contributed by atoms with Crippen LogP contribution in [-0.4, -0.2) is 30.6 Å². The number of likely N-dealkylation sites (N-methyl/N-ethyl adjacent to an activating group) is 1. The number of anilines is 1. The fraction of sp³-hybridized carbons (Fsp3) is 0.227. The van der Waals surface area contributed by atoms with Crippen molar-refractivity contribution in [2.75, 3.05) is 19.1 Å². The van der Waals surface area contributed by atoms with E-state index in [9.17, 15) is 14.4 Å². The van der Waals surface area contributed by atoms with Crippen molar-refractivity contribution in [1.29, 1.82) is 0 Å². The number of ether oxygens (including phenoxy) is 1. The molecule has 2 aromatic carbocycles. The average molecular weight is 410 g/mol. The van der Waals surface area contributed by atoms with E-state index in [0.29, 0.717) is 17.7 Å². The molecule has 0 saturated heterocycles. The van der Waals surface area contributed by atoms with Crippen LogP contribution in [0.1, 0.15) is 22.2 Å². The molecule has 0 N–H and O–H groups in total. The number of amides is 1. The van der Waals surface area contributed by atoms with Gasteiger partial charge in [-0.25, -0.2) is 4.79 Å². The van der Waals surface area contributed by atoms with Gasteiger partial charge in [0.15, 0.2) is 0 Å². The molecule has 0 aliphatic rings. The third-order valence-corrected chi connectivity index (χ3v) is 5.79. The van der Waals surface area contributed by atoms with Crippen LogP contribution in [0.25, 0.3) is 11.3 Å². The second-order valence-electron chi connectivity index (χ2n) is 6.41. The van der Waals surface area contributed by atoms with Crippen molar-refractivity contribution in [3.8, 4) is 11.3 Å². The molecule has 1 amide bonds. The number of carbonyl (C=O) groups is 2. The molecule has 6 nitrogen and oxygen atoms in total. The molecule has 0 atom stereocenters. The Morgan fingerprint density at radius 3 is 2.38 bits per heavy atom. The number of rotatable bonds is 6. The molecular weight excluding hydrogens is 388 g/mol. The Hall–Kier alpha value is -3.19. The number of carbonyl (C=O) groups excluding carboxylic acids is 2. The second-order valence-corrected chi connectivity index (χ2v) is 7.45. The van der Waals surface area contributed by atoms with E-state index in [1.54, 1.807) is 31.3 Å². The Morgan fingerprint density at radius 2 is 1.72 bits per heavy atom. The number of thiazole rings is 1. The van der Waals surface area contributed by atoms with Crippen LogP contribution in [-0.2, 0) is 22.5 Å². The summed E-state index contributed by atoms with van der Waals surface area (Å²) in [5.74, 6) is -0.827. The van der Waals surface area contributed by atoms with Crippen LogP contribution in [0.2, 0.25) is 0 Å². The zero-order valence-electron chi connectivity index (χ0n) is 16.5.